The number of para-hydroxylation sites is 1. The number of nitrogens with zero attached hydrogens (tertiary/aromatic N) is 1. The summed E-state index contributed by atoms with van der Waals surface area (Å²) in [6, 6.07) is 16.6. The first-order valence-electron chi connectivity index (χ1n) is 6.69. The zero-order valence-corrected chi connectivity index (χ0v) is 13.4. The Kier molecular flexibility index (Phi) is 4.17. The van der Waals surface area contributed by atoms with Crippen LogP contribution in [0.5, 0.6) is 0 Å². The van der Waals surface area contributed by atoms with Gasteiger partial charge in [0.1, 0.15) is 5.82 Å². The van der Waals surface area contributed by atoms with E-state index in [1.165, 1.54) is 12.1 Å². The second kappa shape index (κ2) is 6.07. The van der Waals surface area contributed by atoms with E-state index in [9.17, 15) is 4.39 Å². The molecule has 0 aliphatic carbocycles. The fourth-order valence-corrected chi connectivity index (χ4v) is 3.24. The van der Waals surface area contributed by atoms with Crippen LogP contribution in [-0.4, -0.2) is 4.98 Å². The zero-order chi connectivity index (χ0) is 14.8. The van der Waals surface area contributed by atoms with Gasteiger partial charge in [-0.25, -0.2) is 4.39 Å². The first-order chi connectivity index (χ1) is 10.1. The predicted molar refractivity (Wildman–Crippen MR) is 91.5 cm³/mol. The van der Waals surface area contributed by atoms with Crippen molar-refractivity contribution < 1.29 is 4.39 Å². The molecule has 3 aromatic rings. The van der Waals surface area contributed by atoms with Gasteiger partial charge >= 0.3 is 0 Å². The van der Waals surface area contributed by atoms with E-state index >= 15 is 0 Å². The minimum Gasteiger partial charge on any atom is -0.324 e. The van der Waals surface area contributed by atoms with Crippen LogP contribution in [0.15, 0.2) is 54.6 Å². The van der Waals surface area contributed by atoms with Gasteiger partial charge in [0.2, 0.25) is 0 Å². The first-order valence-corrected chi connectivity index (χ1v) is 7.76. The van der Waals surface area contributed by atoms with Gasteiger partial charge in [0.15, 0.2) is 0 Å². The molecule has 0 aliphatic heterocycles. The van der Waals surface area contributed by atoms with E-state index in [0.717, 1.165) is 25.7 Å². The van der Waals surface area contributed by atoms with Gasteiger partial charge in [0, 0.05) is 27.1 Å². The molecule has 0 radical (unpaired) electrons. The fourth-order valence-electron chi connectivity index (χ4n) is 2.36. The van der Waals surface area contributed by atoms with Crippen molar-refractivity contribution in [1.29, 1.82) is 0 Å². The smallest absolute Gasteiger partial charge is 0.124 e. The van der Waals surface area contributed by atoms with E-state index in [2.05, 4.69) is 33.6 Å². The van der Waals surface area contributed by atoms with Gasteiger partial charge in [0.05, 0.1) is 5.52 Å². The van der Waals surface area contributed by atoms with E-state index in [0.29, 0.717) is 6.42 Å². The summed E-state index contributed by atoms with van der Waals surface area (Å²) in [6.45, 7) is 0. The van der Waals surface area contributed by atoms with E-state index in [1.54, 1.807) is 6.07 Å². The Bertz CT molecular complexity index is 789. The predicted octanol–water partition coefficient (Wildman–Crippen LogP) is 4.22. The number of aromatic nitrogens is 1. The number of nitrogens with two attached hydrogens (primary N) is 1. The van der Waals surface area contributed by atoms with Crippen molar-refractivity contribution in [3.8, 4) is 0 Å². The van der Waals surface area contributed by atoms with Crippen LogP contribution in [0.3, 0.4) is 0 Å². The van der Waals surface area contributed by atoms with E-state index in [1.807, 2.05) is 30.3 Å². The average Bonchev–Trinajstić information content (AvgIpc) is 2.47. The number of hydrogen-bond donors (Lipinski definition) is 1. The number of halogens is 2. The normalized spacial score (nSPS) is 12.5. The standard InChI is InChI=1S/C17H14FIN2/c18-12-6-8-14(15(19)9-12)16(20)10-13-7-5-11-3-1-2-4-17(11)21-13/h1-9,16H,10,20H2. The highest BCUT2D eigenvalue weighted by molar-refractivity contribution is 14.1. The maximum Gasteiger partial charge on any atom is 0.124 e. The van der Waals surface area contributed by atoms with Crippen LogP contribution in [-0.2, 0) is 6.42 Å². The van der Waals surface area contributed by atoms with Gasteiger partial charge < -0.3 is 5.73 Å². The van der Waals surface area contributed by atoms with Crippen molar-refractivity contribution in [2.24, 2.45) is 5.73 Å². The summed E-state index contributed by atoms with van der Waals surface area (Å²) in [5.41, 5.74) is 9.12. The van der Waals surface area contributed by atoms with Crippen LogP contribution in [0, 0.1) is 9.39 Å². The number of pyridine rings is 1. The highest BCUT2D eigenvalue weighted by atomic mass is 127. The molecule has 2 nitrogen and oxygen atoms in total. The van der Waals surface area contributed by atoms with E-state index in [4.69, 9.17) is 5.73 Å². The summed E-state index contributed by atoms with van der Waals surface area (Å²) < 4.78 is 14.0. The summed E-state index contributed by atoms with van der Waals surface area (Å²) in [4.78, 5) is 4.63. The molecule has 2 aromatic carbocycles. The minimum absolute atomic E-state index is 0.189. The maximum atomic E-state index is 13.2. The Morgan fingerprint density at radius 3 is 2.71 bits per heavy atom. The second-order valence-corrected chi connectivity index (χ2v) is 6.13. The summed E-state index contributed by atoms with van der Waals surface area (Å²) in [5, 5.41) is 1.12. The Labute approximate surface area is 136 Å². The van der Waals surface area contributed by atoms with Crippen molar-refractivity contribution in [1.82, 2.24) is 4.98 Å². The lowest BCUT2D eigenvalue weighted by atomic mass is 10.0. The lowest BCUT2D eigenvalue weighted by Gasteiger charge is -2.14. The third kappa shape index (κ3) is 3.22. The van der Waals surface area contributed by atoms with Gasteiger partial charge in [0.25, 0.3) is 0 Å². The second-order valence-electron chi connectivity index (χ2n) is 4.97. The van der Waals surface area contributed by atoms with Crippen molar-refractivity contribution in [3.63, 3.8) is 0 Å². The molecule has 0 amide bonds. The molecule has 0 saturated heterocycles. The monoisotopic (exact) mass is 392 g/mol. The van der Waals surface area contributed by atoms with Crippen molar-refractivity contribution in [2.75, 3.05) is 0 Å². The molecule has 3 rings (SSSR count). The number of benzene rings is 2. The van der Waals surface area contributed by atoms with Crippen LogP contribution < -0.4 is 5.73 Å². The van der Waals surface area contributed by atoms with Crippen LogP contribution in [0.4, 0.5) is 4.39 Å². The van der Waals surface area contributed by atoms with Gasteiger partial charge in [-0.1, -0.05) is 30.3 Å². The van der Waals surface area contributed by atoms with Gasteiger partial charge in [-0.15, -0.1) is 0 Å². The molecular formula is C17H14FIN2. The topological polar surface area (TPSA) is 38.9 Å². The third-order valence-electron chi connectivity index (χ3n) is 3.45. The molecule has 1 unspecified atom stereocenters. The summed E-state index contributed by atoms with van der Waals surface area (Å²) in [7, 11) is 0. The molecule has 2 N–H and O–H groups in total. The Morgan fingerprint density at radius 1 is 1.10 bits per heavy atom. The number of hydrogen-bond acceptors (Lipinski definition) is 2. The Morgan fingerprint density at radius 2 is 1.90 bits per heavy atom. The maximum absolute atomic E-state index is 13.2. The third-order valence-corrected chi connectivity index (χ3v) is 4.38. The highest BCUT2D eigenvalue weighted by Gasteiger charge is 2.12. The lowest BCUT2D eigenvalue weighted by molar-refractivity contribution is 0.622. The summed E-state index contributed by atoms with van der Waals surface area (Å²) in [5.74, 6) is -0.237. The molecule has 21 heavy (non-hydrogen) atoms. The SMILES string of the molecule is NC(Cc1ccc2ccccc2n1)c1ccc(F)cc1I. The average molecular weight is 392 g/mol. The molecule has 1 heterocycles. The molecule has 0 bridgehead atoms. The van der Waals surface area contributed by atoms with Gasteiger partial charge in [-0.3, -0.25) is 4.98 Å². The van der Waals surface area contributed by atoms with E-state index < -0.39 is 0 Å². The molecule has 0 fully saturated rings. The minimum atomic E-state index is -0.237. The van der Waals surface area contributed by atoms with Crippen molar-refractivity contribution in [2.45, 2.75) is 12.5 Å². The molecular weight excluding hydrogens is 378 g/mol. The van der Waals surface area contributed by atoms with Gasteiger partial charge in [-0.2, -0.15) is 0 Å². The van der Waals surface area contributed by atoms with Crippen LogP contribution >= 0.6 is 22.6 Å². The zero-order valence-electron chi connectivity index (χ0n) is 11.3. The summed E-state index contributed by atoms with van der Waals surface area (Å²) >= 11 is 2.12. The van der Waals surface area contributed by atoms with Crippen LogP contribution in [0.25, 0.3) is 10.9 Å². The molecule has 106 valence electrons. The van der Waals surface area contributed by atoms with E-state index in [-0.39, 0.29) is 11.9 Å². The quantitative estimate of drug-likeness (QED) is 0.678. The number of fused-ring (bicyclic) bond motifs is 1. The molecule has 4 heteroatoms. The van der Waals surface area contributed by atoms with Gasteiger partial charge in [-0.05, 0) is 52.4 Å². The van der Waals surface area contributed by atoms with Crippen LogP contribution in [0.1, 0.15) is 17.3 Å². The largest absolute Gasteiger partial charge is 0.324 e. The molecule has 0 aliphatic rings. The molecule has 1 aromatic heterocycles. The number of rotatable bonds is 3. The lowest BCUT2D eigenvalue weighted by Crippen LogP contribution is -2.15. The fraction of sp³-hybridized carbons (Fsp3) is 0.118. The Balaban J connectivity index is 1.87. The highest BCUT2D eigenvalue weighted by Crippen LogP contribution is 2.23. The van der Waals surface area contributed by atoms with Crippen molar-refractivity contribution >= 4 is 33.5 Å². The molecule has 1 atom stereocenters. The Hall–Kier alpha value is -1.53. The van der Waals surface area contributed by atoms with Crippen LogP contribution in [0.2, 0.25) is 0 Å². The van der Waals surface area contributed by atoms with Crippen molar-refractivity contribution in [3.05, 3.63) is 75.2 Å². The molecule has 0 spiro atoms. The molecule has 0 saturated carbocycles. The first kappa shape index (κ1) is 14.4. The summed E-state index contributed by atoms with van der Waals surface area (Å²) in [6.07, 6.45) is 0.631.